The zero-order valence-electron chi connectivity index (χ0n) is 10.7. The largest absolute Gasteiger partial charge is 0.380 e. The van der Waals surface area contributed by atoms with Crippen LogP contribution in [0.2, 0.25) is 0 Å². The molecule has 0 fully saturated rings. The van der Waals surface area contributed by atoms with Crippen molar-refractivity contribution in [2.75, 3.05) is 33.4 Å². The van der Waals surface area contributed by atoms with Gasteiger partial charge in [-0.05, 0) is 13.5 Å². The highest BCUT2D eigenvalue weighted by Gasteiger charge is 1.99. The summed E-state index contributed by atoms with van der Waals surface area (Å²) in [5, 5.41) is 5.88. The molecule has 2 N–H and O–H groups in total. The Balaban J connectivity index is 3.12. The van der Waals surface area contributed by atoms with Crippen molar-refractivity contribution in [3.63, 3.8) is 0 Å². The fourth-order valence-corrected chi connectivity index (χ4v) is 1.31. The lowest BCUT2D eigenvalue weighted by Gasteiger charge is -2.05. The van der Waals surface area contributed by atoms with Gasteiger partial charge in [0.25, 0.3) is 0 Å². The molecule has 0 aromatic rings. The van der Waals surface area contributed by atoms with Gasteiger partial charge in [0, 0.05) is 19.5 Å². The molecular weight excluding hydrogens is 204 g/mol. The van der Waals surface area contributed by atoms with E-state index < -0.39 is 0 Å². The number of carbonyl (C=O) groups excluding carboxylic acids is 1. The minimum Gasteiger partial charge on any atom is -0.380 e. The number of rotatable bonds is 11. The number of nitrogens with one attached hydrogen (secondary N) is 2. The number of hydrogen-bond donors (Lipinski definition) is 2. The Morgan fingerprint density at radius 3 is 2.62 bits per heavy atom. The number of ether oxygens (including phenoxy) is 1. The Hall–Kier alpha value is -0.610. The van der Waals surface area contributed by atoms with Crippen molar-refractivity contribution in [1.82, 2.24) is 10.6 Å². The molecule has 16 heavy (non-hydrogen) atoms. The molecule has 1 amide bonds. The molecule has 0 saturated carbocycles. The topological polar surface area (TPSA) is 50.4 Å². The van der Waals surface area contributed by atoms with Crippen LogP contribution < -0.4 is 10.6 Å². The van der Waals surface area contributed by atoms with Gasteiger partial charge in [-0.3, -0.25) is 4.79 Å². The zero-order valence-corrected chi connectivity index (χ0v) is 10.7. The Morgan fingerprint density at radius 1 is 1.12 bits per heavy atom. The summed E-state index contributed by atoms with van der Waals surface area (Å²) in [5.41, 5.74) is 0. The van der Waals surface area contributed by atoms with Gasteiger partial charge in [0.15, 0.2) is 0 Å². The zero-order chi connectivity index (χ0) is 12.1. The third-order valence-electron chi connectivity index (χ3n) is 2.32. The average molecular weight is 230 g/mol. The van der Waals surface area contributed by atoms with E-state index in [9.17, 15) is 4.79 Å². The summed E-state index contributed by atoms with van der Waals surface area (Å²) >= 11 is 0. The van der Waals surface area contributed by atoms with Crippen molar-refractivity contribution >= 4 is 5.91 Å². The van der Waals surface area contributed by atoms with Crippen LogP contribution in [0.25, 0.3) is 0 Å². The number of unbranched alkanes of at least 4 members (excludes halogenated alkanes) is 3. The predicted molar refractivity (Wildman–Crippen MR) is 66.5 cm³/mol. The van der Waals surface area contributed by atoms with Crippen LogP contribution in [0.5, 0.6) is 0 Å². The van der Waals surface area contributed by atoms with Gasteiger partial charge in [0.1, 0.15) is 0 Å². The highest BCUT2D eigenvalue weighted by atomic mass is 16.5. The van der Waals surface area contributed by atoms with E-state index in [0.29, 0.717) is 19.6 Å². The Kier molecular flexibility index (Phi) is 12.0. The highest BCUT2D eigenvalue weighted by Crippen LogP contribution is 1.97. The molecule has 0 saturated heterocycles. The van der Waals surface area contributed by atoms with Gasteiger partial charge in [-0.25, -0.2) is 0 Å². The molecule has 0 bridgehead atoms. The predicted octanol–water partition coefficient (Wildman–Crippen LogP) is 1.31. The van der Waals surface area contributed by atoms with E-state index in [-0.39, 0.29) is 5.91 Å². The number of likely N-dealkylation sites (N-methyl/N-ethyl adjacent to an activating group) is 1. The summed E-state index contributed by atoms with van der Waals surface area (Å²) in [6.07, 6.45) is 5.24. The normalized spacial score (nSPS) is 10.4. The van der Waals surface area contributed by atoms with Gasteiger partial charge in [0.05, 0.1) is 13.2 Å². The smallest absolute Gasteiger partial charge is 0.222 e. The first-order valence-corrected chi connectivity index (χ1v) is 6.30. The lowest BCUT2D eigenvalue weighted by atomic mass is 10.2. The molecule has 0 aliphatic rings. The van der Waals surface area contributed by atoms with Gasteiger partial charge in [-0.2, -0.15) is 0 Å². The molecule has 0 aliphatic carbocycles. The number of amides is 1. The molecule has 0 radical (unpaired) electrons. The lowest BCUT2D eigenvalue weighted by molar-refractivity contribution is -0.122. The van der Waals surface area contributed by atoms with Crippen molar-refractivity contribution in [3.05, 3.63) is 0 Å². The molecule has 0 heterocycles. The van der Waals surface area contributed by atoms with Crippen LogP contribution in [0.1, 0.15) is 39.0 Å². The summed E-state index contributed by atoms with van der Waals surface area (Å²) < 4.78 is 5.27. The molecule has 0 atom stereocenters. The van der Waals surface area contributed by atoms with Crippen LogP contribution in [0.4, 0.5) is 0 Å². The first-order valence-electron chi connectivity index (χ1n) is 6.30. The maximum absolute atomic E-state index is 11.3. The van der Waals surface area contributed by atoms with E-state index in [2.05, 4.69) is 17.6 Å². The monoisotopic (exact) mass is 230 g/mol. The lowest BCUT2D eigenvalue weighted by Crippen LogP contribution is -2.26. The first kappa shape index (κ1) is 15.4. The van der Waals surface area contributed by atoms with Crippen molar-refractivity contribution < 1.29 is 9.53 Å². The molecule has 0 aromatic carbocycles. The second-order valence-electron chi connectivity index (χ2n) is 3.88. The van der Waals surface area contributed by atoms with Gasteiger partial charge < -0.3 is 15.4 Å². The molecule has 0 spiro atoms. The summed E-state index contributed by atoms with van der Waals surface area (Å²) in [6.45, 7) is 5.00. The fourth-order valence-electron chi connectivity index (χ4n) is 1.31. The second kappa shape index (κ2) is 12.5. The Morgan fingerprint density at radius 2 is 1.94 bits per heavy atom. The van der Waals surface area contributed by atoms with Crippen molar-refractivity contribution in [2.45, 2.75) is 39.0 Å². The van der Waals surface area contributed by atoms with Gasteiger partial charge in [-0.1, -0.05) is 26.2 Å². The number of carbonyl (C=O) groups is 1. The van der Waals surface area contributed by atoms with E-state index >= 15 is 0 Å². The minimum absolute atomic E-state index is 0.0981. The average Bonchev–Trinajstić information content (AvgIpc) is 2.28. The minimum atomic E-state index is 0.0981. The fraction of sp³-hybridized carbons (Fsp3) is 0.917. The first-order chi connectivity index (χ1) is 7.81. The molecule has 0 aliphatic heterocycles. The SMILES string of the molecule is CCCCCCNC(=O)CCOCCNC. The van der Waals surface area contributed by atoms with Crippen LogP contribution in [0.3, 0.4) is 0 Å². The van der Waals surface area contributed by atoms with E-state index in [4.69, 9.17) is 4.74 Å². The van der Waals surface area contributed by atoms with Crippen molar-refractivity contribution in [1.29, 1.82) is 0 Å². The van der Waals surface area contributed by atoms with E-state index in [1.807, 2.05) is 7.05 Å². The van der Waals surface area contributed by atoms with Crippen LogP contribution in [0, 0.1) is 0 Å². The van der Waals surface area contributed by atoms with Crippen LogP contribution >= 0.6 is 0 Å². The maximum Gasteiger partial charge on any atom is 0.222 e. The van der Waals surface area contributed by atoms with E-state index in [1.165, 1.54) is 19.3 Å². The number of hydrogen-bond acceptors (Lipinski definition) is 3. The van der Waals surface area contributed by atoms with E-state index in [0.717, 1.165) is 19.5 Å². The van der Waals surface area contributed by atoms with Crippen LogP contribution in [0.15, 0.2) is 0 Å². The molecular formula is C12H26N2O2. The summed E-state index contributed by atoms with van der Waals surface area (Å²) in [7, 11) is 1.88. The summed E-state index contributed by atoms with van der Waals surface area (Å²) in [6, 6.07) is 0. The summed E-state index contributed by atoms with van der Waals surface area (Å²) in [4.78, 5) is 11.3. The third-order valence-corrected chi connectivity index (χ3v) is 2.32. The van der Waals surface area contributed by atoms with E-state index in [1.54, 1.807) is 0 Å². The Labute approximate surface area is 99.1 Å². The van der Waals surface area contributed by atoms with Crippen molar-refractivity contribution in [2.24, 2.45) is 0 Å². The van der Waals surface area contributed by atoms with Crippen molar-refractivity contribution in [3.8, 4) is 0 Å². The molecule has 0 unspecified atom stereocenters. The van der Waals surface area contributed by atoms with Gasteiger partial charge in [-0.15, -0.1) is 0 Å². The highest BCUT2D eigenvalue weighted by molar-refractivity contribution is 5.75. The standard InChI is InChI=1S/C12H26N2O2/c1-3-4-5-6-8-14-12(15)7-10-16-11-9-13-2/h13H,3-11H2,1-2H3,(H,14,15). The van der Waals surface area contributed by atoms with Crippen LogP contribution in [-0.2, 0) is 9.53 Å². The molecule has 96 valence electrons. The Bertz CT molecular complexity index is 147. The third kappa shape index (κ3) is 11.5. The van der Waals surface area contributed by atoms with Gasteiger partial charge >= 0.3 is 0 Å². The maximum atomic E-state index is 11.3. The second-order valence-corrected chi connectivity index (χ2v) is 3.88. The van der Waals surface area contributed by atoms with Crippen LogP contribution in [-0.4, -0.2) is 39.3 Å². The molecule has 4 heteroatoms. The quantitative estimate of drug-likeness (QED) is 0.526. The molecule has 0 rings (SSSR count). The molecule has 4 nitrogen and oxygen atoms in total. The summed E-state index contributed by atoms with van der Waals surface area (Å²) in [5.74, 6) is 0.0981. The van der Waals surface area contributed by atoms with Gasteiger partial charge in [0.2, 0.25) is 5.91 Å². The molecule has 0 aromatic heterocycles.